The Kier molecular flexibility index (Phi) is 7.82. The Morgan fingerprint density at radius 2 is 1.87 bits per heavy atom. The van der Waals surface area contributed by atoms with Gasteiger partial charge in [-0.05, 0) is 0 Å². The van der Waals surface area contributed by atoms with Crippen LogP contribution in [-0.2, 0) is 4.79 Å². The molecule has 2 saturated heterocycles. The van der Waals surface area contributed by atoms with Gasteiger partial charge in [-0.15, -0.1) is 0 Å². The number of piperidine rings is 1. The number of piperazine rings is 1. The van der Waals surface area contributed by atoms with Crippen molar-refractivity contribution in [2.75, 3.05) is 49.1 Å². The van der Waals surface area contributed by atoms with Crippen LogP contribution in [0.3, 0.4) is 0 Å². The van der Waals surface area contributed by atoms with E-state index in [1.54, 1.807) is 11.1 Å². The van der Waals surface area contributed by atoms with Crippen molar-refractivity contribution in [1.29, 1.82) is 5.26 Å². The number of hydrogen-bond donors (Lipinski definition) is 2. The van der Waals surface area contributed by atoms with Gasteiger partial charge in [0.25, 0.3) is 0 Å². The van der Waals surface area contributed by atoms with Crippen molar-refractivity contribution in [3.63, 3.8) is 0 Å². The van der Waals surface area contributed by atoms with Crippen molar-refractivity contribution in [1.82, 2.24) is 30.0 Å². The van der Waals surface area contributed by atoms with Gasteiger partial charge in [-0.25, -0.2) is 0 Å². The minimum atomic E-state index is -1.37. The second-order valence-electron chi connectivity index (χ2n) is 10.4. The SMILES string of the molecule is CC(C)(O)C(=O)N1CCN(c2ccc([As]c3nc(N4CCC(CC#N)CC4)nc4cn[nH]c(=O)c34)cn2)CC1. The fourth-order valence-electron chi connectivity index (χ4n) is 4.94. The zero-order chi connectivity index (χ0) is 27.6. The number of aromatic nitrogens is 5. The molecule has 39 heavy (non-hydrogen) atoms. The molecule has 13 heteroatoms. The third-order valence-electron chi connectivity index (χ3n) is 7.14. The van der Waals surface area contributed by atoms with E-state index in [0.29, 0.717) is 59.9 Å². The minimum absolute atomic E-state index is 0.261. The maximum atomic E-state index is 12.7. The first-order valence-electron chi connectivity index (χ1n) is 13.0. The van der Waals surface area contributed by atoms with Gasteiger partial charge in [-0.2, -0.15) is 0 Å². The number of pyridine rings is 1. The summed E-state index contributed by atoms with van der Waals surface area (Å²) in [6.07, 6.45) is 5.80. The molecule has 2 aliphatic heterocycles. The van der Waals surface area contributed by atoms with Gasteiger partial charge in [-0.1, -0.05) is 0 Å². The molecule has 0 unspecified atom stereocenters. The quantitative estimate of drug-likeness (QED) is 0.352. The number of nitrogens with zero attached hydrogens (tertiary/aromatic N) is 8. The Labute approximate surface area is 232 Å². The number of anilines is 2. The van der Waals surface area contributed by atoms with Crippen LogP contribution in [0.25, 0.3) is 10.9 Å². The van der Waals surface area contributed by atoms with E-state index in [1.165, 1.54) is 13.8 Å². The Hall–Kier alpha value is -3.55. The summed E-state index contributed by atoms with van der Waals surface area (Å²) in [4.78, 5) is 45.2. The number of aliphatic hydroxyl groups is 1. The number of rotatable bonds is 6. The van der Waals surface area contributed by atoms with Gasteiger partial charge >= 0.3 is 233 Å². The number of carbonyl (C=O) groups is 1. The first-order chi connectivity index (χ1) is 18.7. The van der Waals surface area contributed by atoms with Crippen LogP contribution in [0.4, 0.5) is 11.8 Å². The van der Waals surface area contributed by atoms with Gasteiger partial charge < -0.3 is 0 Å². The van der Waals surface area contributed by atoms with Crippen LogP contribution < -0.4 is 24.2 Å². The average molecular weight is 593 g/mol. The molecule has 2 aliphatic rings. The van der Waals surface area contributed by atoms with Crippen LogP contribution in [0.2, 0.25) is 0 Å². The third kappa shape index (κ3) is 6.05. The molecule has 0 aromatic carbocycles. The molecule has 0 saturated carbocycles. The number of hydrogen-bond acceptors (Lipinski definition) is 10. The van der Waals surface area contributed by atoms with E-state index in [-0.39, 0.29) is 11.5 Å². The number of fused-ring (bicyclic) bond motifs is 1. The second kappa shape index (κ2) is 11.3. The van der Waals surface area contributed by atoms with Crippen molar-refractivity contribution in [3.05, 3.63) is 34.9 Å². The van der Waals surface area contributed by atoms with Gasteiger partial charge in [0.15, 0.2) is 0 Å². The molecule has 0 bridgehead atoms. The van der Waals surface area contributed by atoms with Gasteiger partial charge in [0, 0.05) is 0 Å². The molecule has 2 N–H and O–H groups in total. The van der Waals surface area contributed by atoms with E-state index in [2.05, 4.69) is 36.0 Å². The summed E-state index contributed by atoms with van der Waals surface area (Å²) >= 11 is -0.652. The summed E-state index contributed by atoms with van der Waals surface area (Å²) in [6, 6.07) is 6.26. The first-order valence-corrected chi connectivity index (χ1v) is 14.9. The van der Waals surface area contributed by atoms with Gasteiger partial charge in [0.05, 0.1) is 0 Å². The Bertz CT molecular complexity index is 1430. The van der Waals surface area contributed by atoms with Crippen molar-refractivity contribution in [3.8, 4) is 6.07 Å². The molecule has 0 atom stereocenters. The van der Waals surface area contributed by atoms with Crippen LogP contribution >= 0.6 is 0 Å². The summed E-state index contributed by atoms with van der Waals surface area (Å²) in [5.41, 5.74) is -1.15. The van der Waals surface area contributed by atoms with Gasteiger partial charge in [0.2, 0.25) is 0 Å². The van der Waals surface area contributed by atoms with E-state index in [9.17, 15) is 14.7 Å². The molecular formula is C26H31AsN9O3. The molecule has 12 nitrogen and oxygen atoms in total. The fraction of sp³-hybridized carbons (Fsp3) is 0.500. The molecule has 3 aromatic heterocycles. The average Bonchev–Trinajstić information content (AvgIpc) is 2.93. The standard InChI is InChI=1S/C26H31AsN9O3/c1-26(2,39)24(38)35-13-11-34(12-14-35)20-4-3-18(15-29-20)27-22-21-19(16-30-33-23(21)37)31-25(32-22)36-9-6-17(5-8-28)7-10-36/h3-4,15-17,39H,5-7,9-14H2,1-2H3,(H,33,37). The Balaban J connectivity index is 1.32. The molecule has 0 spiro atoms. The Morgan fingerprint density at radius 1 is 1.13 bits per heavy atom. The van der Waals surface area contributed by atoms with Crippen molar-refractivity contribution >= 4 is 53.2 Å². The normalized spacial score (nSPS) is 17.2. The molecular weight excluding hydrogens is 561 g/mol. The molecule has 203 valence electrons. The van der Waals surface area contributed by atoms with Crippen LogP contribution in [0, 0.1) is 17.2 Å². The molecule has 5 rings (SSSR count). The number of nitriles is 1. The van der Waals surface area contributed by atoms with E-state index < -0.39 is 21.4 Å². The number of amides is 1. The number of H-pyrrole nitrogens is 1. The van der Waals surface area contributed by atoms with Crippen LogP contribution in [0.1, 0.15) is 33.1 Å². The van der Waals surface area contributed by atoms with Crippen molar-refractivity contribution in [2.45, 2.75) is 38.7 Å². The molecule has 0 aliphatic carbocycles. The van der Waals surface area contributed by atoms with Crippen molar-refractivity contribution in [2.24, 2.45) is 5.92 Å². The van der Waals surface area contributed by atoms with Crippen LogP contribution in [0.5, 0.6) is 0 Å². The monoisotopic (exact) mass is 592 g/mol. The van der Waals surface area contributed by atoms with Gasteiger partial charge in [0.1, 0.15) is 0 Å². The topological polar surface area (TPSA) is 155 Å². The first kappa shape index (κ1) is 27.0. The predicted molar refractivity (Wildman–Crippen MR) is 147 cm³/mol. The predicted octanol–water partition coefficient (Wildman–Crippen LogP) is -0.687. The summed E-state index contributed by atoms with van der Waals surface area (Å²) < 4.78 is 1.71. The summed E-state index contributed by atoms with van der Waals surface area (Å²) in [5.74, 6) is 1.56. The molecule has 2 fully saturated rings. The third-order valence-corrected chi connectivity index (χ3v) is 9.37. The second-order valence-corrected chi connectivity index (χ2v) is 12.9. The Morgan fingerprint density at radius 3 is 2.51 bits per heavy atom. The van der Waals surface area contributed by atoms with E-state index in [1.807, 2.05) is 18.3 Å². The van der Waals surface area contributed by atoms with E-state index in [0.717, 1.165) is 36.1 Å². The number of aromatic amines is 1. The van der Waals surface area contributed by atoms with Gasteiger partial charge in [-0.3, -0.25) is 0 Å². The number of carbonyl (C=O) groups excluding carboxylic acids is 1. The molecule has 1 amide bonds. The summed E-state index contributed by atoms with van der Waals surface area (Å²) in [6.45, 7) is 6.89. The zero-order valence-corrected chi connectivity index (χ0v) is 23.9. The fourth-order valence-corrected chi connectivity index (χ4v) is 6.99. The van der Waals surface area contributed by atoms with E-state index in [4.69, 9.17) is 10.2 Å². The zero-order valence-electron chi connectivity index (χ0n) is 22.0. The van der Waals surface area contributed by atoms with E-state index >= 15 is 0 Å². The molecule has 3 aromatic rings. The van der Waals surface area contributed by atoms with Crippen molar-refractivity contribution < 1.29 is 9.90 Å². The summed E-state index contributed by atoms with van der Waals surface area (Å²) in [5, 5.41) is 26.0. The van der Waals surface area contributed by atoms with Crippen LogP contribution in [-0.4, -0.2) is 102 Å². The summed E-state index contributed by atoms with van der Waals surface area (Å²) in [7, 11) is 0. The maximum absolute atomic E-state index is 12.7. The molecule has 1 radical (unpaired) electrons. The number of nitrogens with one attached hydrogen (secondary N) is 1. The van der Waals surface area contributed by atoms with Crippen LogP contribution in [0.15, 0.2) is 29.3 Å². The molecule has 5 heterocycles.